The highest BCUT2D eigenvalue weighted by Crippen LogP contribution is 2.19. The van der Waals surface area contributed by atoms with E-state index in [1.807, 2.05) is 0 Å². The second kappa shape index (κ2) is 5.85. The molecule has 110 valence electrons. The lowest BCUT2D eigenvalue weighted by molar-refractivity contribution is -0.148. The van der Waals surface area contributed by atoms with E-state index in [0.717, 1.165) is 11.2 Å². The predicted molar refractivity (Wildman–Crippen MR) is 66.1 cm³/mol. The van der Waals surface area contributed by atoms with Crippen LogP contribution in [0.25, 0.3) is 0 Å². The van der Waals surface area contributed by atoms with E-state index in [4.69, 9.17) is 10.8 Å². The number of carbonyl (C=O) groups excluding carboxylic acids is 1. The van der Waals surface area contributed by atoms with Gasteiger partial charge in [-0.05, 0) is 6.42 Å². The largest absolute Gasteiger partial charge is 0.480 e. The second-order valence-corrected chi connectivity index (χ2v) is 7.02. The third kappa shape index (κ3) is 4.44. The molecule has 0 bridgehead atoms. The number of hydrogen-bond acceptors (Lipinski definition) is 6. The maximum Gasteiger partial charge on any atom is 0.326 e. The van der Waals surface area contributed by atoms with Crippen molar-refractivity contribution < 1.29 is 28.2 Å². The van der Waals surface area contributed by atoms with Gasteiger partial charge in [0.05, 0.1) is 17.9 Å². The summed E-state index contributed by atoms with van der Waals surface area (Å²) in [5.41, 5.74) is 5.58. The fourth-order valence-corrected chi connectivity index (χ4v) is 2.65. The maximum absolute atomic E-state index is 12.0. The van der Waals surface area contributed by atoms with Gasteiger partial charge < -0.3 is 20.8 Å². The monoisotopic (exact) mass is 294 g/mol. The number of sulfone groups is 1. The van der Waals surface area contributed by atoms with Gasteiger partial charge in [-0.25, -0.2) is 13.2 Å². The van der Waals surface area contributed by atoms with Gasteiger partial charge in [0.2, 0.25) is 5.91 Å². The van der Waals surface area contributed by atoms with Crippen molar-refractivity contribution in [3.8, 4) is 0 Å². The van der Waals surface area contributed by atoms with Crippen LogP contribution in [-0.4, -0.2) is 72.1 Å². The van der Waals surface area contributed by atoms with Crippen LogP contribution < -0.4 is 5.73 Å². The summed E-state index contributed by atoms with van der Waals surface area (Å²) in [6.45, 7) is -0.0949. The molecular weight excluding hydrogens is 276 g/mol. The van der Waals surface area contributed by atoms with Crippen molar-refractivity contribution in [2.75, 3.05) is 18.6 Å². The van der Waals surface area contributed by atoms with Crippen LogP contribution in [0, 0.1) is 0 Å². The lowest BCUT2D eigenvalue weighted by Gasteiger charge is -2.24. The summed E-state index contributed by atoms with van der Waals surface area (Å²) in [4.78, 5) is 23.9. The average molecular weight is 294 g/mol. The molecule has 0 saturated carbocycles. The molecule has 3 atom stereocenters. The Morgan fingerprint density at radius 3 is 2.53 bits per heavy atom. The molecule has 1 heterocycles. The number of nitrogens with two attached hydrogens (primary N) is 1. The van der Waals surface area contributed by atoms with Crippen LogP contribution in [0.1, 0.15) is 12.8 Å². The minimum Gasteiger partial charge on any atom is -0.480 e. The number of rotatable bonds is 5. The summed E-state index contributed by atoms with van der Waals surface area (Å²) in [6, 6.07) is -2.19. The molecule has 1 fully saturated rings. The summed E-state index contributed by atoms with van der Waals surface area (Å²) in [6.07, 6.45) is 0.0208. The minimum atomic E-state index is -3.23. The summed E-state index contributed by atoms with van der Waals surface area (Å²) < 4.78 is 22.0. The Balaban J connectivity index is 2.68. The zero-order chi connectivity index (χ0) is 14.8. The first-order valence-electron chi connectivity index (χ1n) is 5.76. The Morgan fingerprint density at radius 1 is 1.47 bits per heavy atom. The van der Waals surface area contributed by atoms with E-state index in [9.17, 15) is 23.1 Å². The molecule has 0 spiro atoms. The zero-order valence-corrected chi connectivity index (χ0v) is 11.3. The first-order valence-corrected chi connectivity index (χ1v) is 7.82. The van der Waals surface area contributed by atoms with E-state index >= 15 is 0 Å². The maximum atomic E-state index is 12.0. The van der Waals surface area contributed by atoms with Gasteiger partial charge in [0.25, 0.3) is 0 Å². The number of carbonyl (C=O) groups is 2. The molecule has 0 aromatic heterocycles. The quantitative estimate of drug-likeness (QED) is 0.522. The number of hydrogen-bond donors (Lipinski definition) is 3. The second-order valence-electron chi connectivity index (χ2n) is 4.76. The highest BCUT2D eigenvalue weighted by molar-refractivity contribution is 7.90. The Labute approximate surface area is 111 Å². The molecule has 19 heavy (non-hydrogen) atoms. The number of aliphatic hydroxyl groups excluding tert-OH is 1. The summed E-state index contributed by atoms with van der Waals surface area (Å²) in [5.74, 6) is -2.10. The van der Waals surface area contributed by atoms with E-state index in [-0.39, 0.29) is 25.1 Å². The van der Waals surface area contributed by atoms with Crippen molar-refractivity contribution in [2.45, 2.75) is 31.0 Å². The molecule has 1 saturated heterocycles. The molecule has 0 aromatic rings. The molecule has 0 aromatic carbocycles. The number of aliphatic hydroxyl groups is 1. The smallest absolute Gasteiger partial charge is 0.326 e. The van der Waals surface area contributed by atoms with Crippen LogP contribution in [0.15, 0.2) is 0 Å². The topological polar surface area (TPSA) is 138 Å². The van der Waals surface area contributed by atoms with Crippen molar-refractivity contribution in [2.24, 2.45) is 5.73 Å². The van der Waals surface area contributed by atoms with Crippen LogP contribution in [0.4, 0.5) is 0 Å². The Hall–Kier alpha value is -1.19. The summed E-state index contributed by atoms with van der Waals surface area (Å²) in [5, 5.41) is 18.4. The first-order chi connectivity index (χ1) is 8.61. The number of carboxylic acids is 1. The molecule has 1 unspecified atom stereocenters. The van der Waals surface area contributed by atoms with E-state index < -0.39 is 39.9 Å². The van der Waals surface area contributed by atoms with E-state index in [1.165, 1.54) is 0 Å². The van der Waals surface area contributed by atoms with Crippen LogP contribution in [0.2, 0.25) is 0 Å². The summed E-state index contributed by atoms with van der Waals surface area (Å²) in [7, 11) is -3.23. The van der Waals surface area contributed by atoms with Gasteiger partial charge in [-0.15, -0.1) is 0 Å². The number of likely N-dealkylation sites (tertiary alicyclic amines) is 1. The number of carboxylic acid groups (broad SMARTS) is 1. The third-order valence-corrected chi connectivity index (χ3v) is 3.94. The molecule has 1 amide bonds. The summed E-state index contributed by atoms with van der Waals surface area (Å²) >= 11 is 0. The molecule has 4 N–H and O–H groups in total. The Bertz CT molecular complexity index is 463. The van der Waals surface area contributed by atoms with Gasteiger partial charge in [-0.2, -0.15) is 0 Å². The number of amides is 1. The van der Waals surface area contributed by atoms with Crippen molar-refractivity contribution in [3.63, 3.8) is 0 Å². The average Bonchev–Trinajstić information content (AvgIpc) is 2.66. The Kier molecular flexibility index (Phi) is 4.88. The SMILES string of the molecule is CS(=O)(=O)CCC(N)C(=O)N1C[C@H](O)C[C@@H]1C(=O)O. The fraction of sp³-hybridized carbons (Fsp3) is 0.800. The molecule has 1 aliphatic rings. The molecule has 1 aliphatic heterocycles. The molecule has 1 rings (SSSR count). The van der Waals surface area contributed by atoms with Crippen LogP contribution in [0.5, 0.6) is 0 Å². The minimum absolute atomic E-state index is 0.0418. The standard InChI is InChI=1S/C10H18N2O6S/c1-19(17,18)3-2-7(11)9(14)12-5-6(13)4-8(12)10(15)16/h6-8,13H,2-5,11H2,1H3,(H,15,16)/t6-,7?,8-/m1/s1. The van der Waals surface area contributed by atoms with Gasteiger partial charge in [0.15, 0.2) is 0 Å². The fourth-order valence-electron chi connectivity index (χ4n) is 1.97. The van der Waals surface area contributed by atoms with E-state index in [1.54, 1.807) is 0 Å². The molecular formula is C10H18N2O6S. The predicted octanol–water partition coefficient (Wildman–Crippen LogP) is -2.21. The van der Waals surface area contributed by atoms with E-state index in [0.29, 0.717) is 0 Å². The third-order valence-electron chi connectivity index (χ3n) is 2.96. The van der Waals surface area contributed by atoms with Crippen molar-refractivity contribution in [1.82, 2.24) is 4.90 Å². The zero-order valence-electron chi connectivity index (χ0n) is 10.5. The Morgan fingerprint density at radius 2 is 2.05 bits per heavy atom. The van der Waals surface area contributed by atoms with Gasteiger partial charge in [0, 0.05) is 19.2 Å². The lowest BCUT2D eigenvalue weighted by Crippen LogP contribution is -2.49. The first kappa shape index (κ1) is 15.9. The molecule has 9 heteroatoms. The van der Waals surface area contributed by atoms with Crippen LogP contribution >= 0.6 is 0 Å². The normalized spacial score (nSPS) is 25.3. The van der Waals surface area contributed by atoms with Crippen molar-refractivity contribution in [3.05, 3.63) is 0 Å². The van der Waals surface area contributed by atoms with Gasteiger partial charge in [0.1, 0.15) is 15.9 Å². The number of aliphatic carboxylic acids is 1. The van der Waals surface area contributed by atoms with E-state index in [2.05, 4.69) is 0 Å². The van der Waals surface area contributed by atoms with Gasteiger partial charge >= 0.3 is 5.97 Å². The van der Waals surface area contributed by atoms with Crippen LogP contribution in [0.3, 0.4) is 0 Å². The van der Waals surface area contributed by atoms with Crippen molar-refractivity contribution in [1.29, 1.82) is 0 Å². The highest BCUT2D eigenvalue weighted by atomic mass is 32.2. The van der Waals surface area contributed by atoms with Gasteiger partial charge in [-0.1, -0.05) is 0 Å². The number of nitrogens with zero attached hydrogens (tertiary/aromatic N) is 1. The van der Waals surface area contributed by atoms with Crippen molar-refractivity contribution >= 4 is 21.7 Å². The lowest BCUT2D eigenvalue weighted by atomic mass is 10.1. The number of β-amino-alcohol motifs (C(OH)–C–C–N with tert-alkyl or cyclic N) is 1. The van der Waals surface area contributed by atoms with Crippen LogP contribution in [-0.2, 0) is 19.4 Å². The highest BCUT2D eigenvalue weighted by Gasteiger charge is 2.40. The molecule has 0 aliphatic carbocycles. The van der Waals surface area contributed by atoms with Gasteiger partial charge in [-0.3, -0.25) is 4.79 Å². The molecule has 0 radical (unpaired) electrons. The molecule has 8 nitrogen and oxygen atoms in total.